The fraction of sp³-hybridized carbons (Fsp3) is 0.333. The number of rotatable bonds is 6. The number of carbonyl (C=O) groups is 2. The molecule has 0 unspecified atom stereocenters. The Balaban J connectivity index is 1.68. The smallest absolute Gasteiger partial charge is 0.226 e. The van der Waals surface area contributed by atoms with Crippen molar-refractivity contribution in [3.8, 4) is 0 Å². The van der Waals surface area contributed by atoms with Crippen LogP contribution in [0.15, 0.2) is 72.8 Å². The Kier molecular flexibility index (Phi) is 6.64. The maximum atomic E-state index is 13.1. The molecule has 0 radical (unpaired) electrons. The quantitative estimate of drug-likeness (QED) is 0.718. The summed E-state index contributed by atoms with van der Waals surface area (Å²) in [6.45, 7) is 1.11. The first-order valence-electron chi connectivity index (χ1n) is 9.79. The number of hydrogen-bond donors (Lipinski definition) is 0. The lowest BCUT2D eigenvalue weighted by molar-refractivity contribution is -0.145. The van der Waals surface area contributed by atoms with Crippen LogP contribution in [0.5, 0.6) is 0 Å². The Morgan fingerprint density at radius 2 is 1.07 bits per heavy atom. The molecule has 0 spiro atoms. The third-order valence-electron chi connectivity index (χ3n) is 5.34. The highest BCUT2D eigenvalue weighted by Crippen LogP contribution is 2.29. The summed E-state index contributed by atoms with van der Waals surface area (Å²) < 4.78 is 0. The van der Waals surface area contributed by atoms with E-state index < -0.39 is 0 Å². The average Bonchev–Trinajstić information content (AvgIpc) is 2.74. The number of benzene rings is 2. The SMILES string of the molecule is CN(Cc1ccccc1)C(=O)[C@H]1CC=CC[C@H]1C(=O)N(C)Cc1ccccc1. The molecule has 1 aliphatic carbocycles. The van der Waals surface area contributed by atoms with Crippen molar-refractivity contribution in [3.63, 3.8) is 0 Å². The van der Waals surface area contributed by atoms with Crippen LogP contribution in [0.4, 0.5) is 0 Å². The van der Waals surface area contributed by atoms with E-state index in [0.717, 1.165) is 11.1 Å². The summed E-state index contributed by atoms with van der Waals surface area (Å²) in [5.74, 6) is -0.520. The molecule has 2 amide bonds. The molecule has 146 valence electrons. The van der Waals surface area contributed by atoms with Crippen molar-refractivity contribution >= 4 is 11.8 Å². The van der Waals surface area contributed by atoms with Gasteiger partial charge < -0.3 is 9.80 Å². The van der Waals surface area contributed by atoms with Gasteiger partial charge in [-0.1, -0.05) is 72.8 Å². The van der Waals surface area contributed by atoms with Gasteiger partial charge in [-0.15, -0.1) is 0 Å². The van der Waals surface area contributed by atoms with E-state index in [0.29, 0.717) is 25.9 Å². The lowest BCUT2D eigenvalue weighted by Crippen LogP contribution is -2.43. The van der Waals surface area contributed by atoms with Gasteiger partial charge in [0.05, 0.1) is 11.8 Å². The summed E-state index contributed by atoms with van der Waals surface area (Å²) >= 11 is 0. The normalized spacial score (nSPS) is 18.5. The third kappa shape index (κ3) is 4.89. The number of amides is 2. The molecule has 2 atom stereocenters. The van der Waals surface area contributed by atoms with E-state index in [1.165, 1.54) is 0 Å². The Morgan fingerprint density at radius 1 is 0.714 bits per heavy atom. The van der Waals surface area contributed by atoms with Crippen molar-refractivity contribution in [3.05, 3.63) is 83.9 Å². The van der Waals surface area contributed by atoms with E-state index in [1.54, 1.807) is 9.80 Å². The Bertz CT molecular complexity index is 748. The van der Waals surface area contributed by atoms with Crippen molar-refractivity contribution in [2.24, 2.45) is 11.8 Å². The molecule has 0 saturated heterocycles. The molecule has 0 heterocycles. The van der Waals surface area contributed by atoms with E-state index in [9.17, 15) is 9.59 Å². The standard InChI is InChI=1S/C24H28N2O2/c1-25(17-19-11-5-3-6-12-19)23(27)21-15-9-10-16-22(21)24(28)26(2)18-20-13-7-4-8-14-20/h3-14,21-22H,15-18H2,1-2H3/t21-,22+. The van der Waals surface area contributed by atoms with E-state index in [2.05, 4.69) is 0 Å². The molecule has 0 saturated carbocycles. The lowest BCUT2D eigenvalue weighted by atomic mass is 9.81. The van der Waals surface area contributed by atoms with Crippen molar-refractivity contribution in [1.29, 1.82) is 0 Å². The van der Waals surface area contributed by atoms with Crippen LogP contribution in [0, 0.1) is 11.8 Å². The van der Waals surface area contributed by atoms with Crippen LogP contribution in [0.3, 0.4) is 0 Å². The van der Waals surface area contributed by atoms with Gasteiger partial charge >= 0.3 is 0 Å². The first-order chi connectivity index (χ1) is 13.6. The van der Waals surface area contributed by atoms with Crippen LogP contribution in [0.25, 0.3) is 0 Å². The van der Waals surface area contributed by atoms with Gasteiger partial charge in [-0.2, -0.15) is 0 Å². The summed E-state index contributed by atoms with van der Waals surface area (Å²) in [6, 6.07) is 19.9. The number of allylic oxidation sites excluding steroid dienone is 2. The van der Waals surface area contributed by atoms with Crippen molar-refractivity contribution in [2.75, 3.05) is 14.1 Å². The molecule has 2 aromatic carbocycles. The molecule has 1 aliphatic rings. The predicted octanol–water partition coefficient (Wildman–Crippen LogP) is 3.89. The van der Waals surface area contributed by atoms with E-state index in [-0.39, 0.29) is 23.7 Å². The van der Waals surface area contributed by atoms with Crippen molar-refractivity contribution in [2.45, 2.75) is 25.9 Å². The summed E-state index contributed by atoms with van der Waals surface area (Å²) in [6.07, 6.45) is 5.29. The Labute approximate surface area is 167 Å². The fourth-order valence-electron chi connectivity index (χ4n) is 3.80. The average molecular weight is 377 g/mol. The van der Waals surface area contributed by atoms with Gasteiger partial charge in [-0.25, -0.2) is 0 Å². The van der Waals surface area contributed by atoms with E-state index in [4.69, 9.17) is 0 Å². The maximum absolute atomic E-state index is 13.1. The van der Waals surface area contributed by atoms with E-state index in [1.807, 2.05) is 86.9 Å². The molecule has 0 N–H and O–H groups in total. The molecule has 4 heteroatoms. The summed E-state index contributed by atoms with van der Waals surface area (Å²) in [5, 5.41) is 0. The topological polar surface area (TPSA) is 40.6 Å². The fourth-order valence-corrected chi connectivity index (χ4v) is 3.80. The zero-order valence-electron chi connectivity index (χ0n) is 16.6. The van der Waals surface area contributed by atoms with Crippen LogP contribution >= 0.6 is 0 Å². The van der Waals surface area contributed by atoms with Gasteiger partial charge in [0.25, 0.3) is 0 Å². The van der Waals surface area contributed by atoms with Crippen molar-refractivity contribution < 1.29 is 9.59 Å². The summed E-state index contributed by atoms with van der Waals surface area (Å²) in [4.78, 5) is 29.7. The van der Waals surface area contributed by atoms with Crippen LogP contribution in [0.2, 0.25) is 0 Å². The first kappa shape index (κ1) is 19.9. The molecule has 3 rings (SSSR count). The largest absolute Gasteiger partial charge is 0.341 e. The monoisotopic (exact) mass is 376 g/mol. The first-order valence-corrected chi connectivity index (χ1v) is 9.79. The van der Waals surface area contributed by atoms with Gasteiger partial charge in [0.15, 0.2) is 0 Å². The van der Waals surface area contributed by atoms with Gasteiger partial charge in [-0.3, -0.25) is 9.59 Å². The number of hydrogen-bond acceptors (Lipinski definition) is 2. The van der Waals surface area contributed by atoms with Gasteiger partial charge in [0.2, 0.25) is 11.8 Å². The second kappa shape index (κ2) is 9.36. The molecule has 28 heavy (non-hydrogen) atoms. The van der Waals surface area contributed by atoms with Crippen LogP contribution < -0.4 is 0 Å². The molecule has 2 aromatic rings. The molecular weight excluding hydrogens is 348 g/mol. The molecule has 0 bridgehead atoms. The molecule has 0 aromatic heterocycles. The minimum atomic E-state index is -0.301. The second-order valence-electron chi connectivity index (χ2n) is 7.52. The summed E-state index contributed by atoms with van der Waals surface area (Å²) in [5.41, 5.74) is 2.18. The number of nitrogens with zero attached hydrogens (tertiary/aromatic N) is 2. The molecule has 4 nitrogen and oxygen atoms in total. The summed E-state index contributed by atoms with van der Waals surface area (Å²) in [7, 11) is 3.64. The Hall–Kier alpha value is -2.88. The second-order valence-corrected chi connectivity index (χ2v) is 7.52. The Morgan fingerprint density at radius 3 is 1.43 bits per heavy atom. The zero-order chi connectivity index (χ0) is 19.9. The van der Waals surface area contributed by atoms with Crippen molar-refractivity contribution in [1.82, 2.24) is 9.80 Å². The molecular formula is C24H28N2O2. The lowest BCUT2D eigenvalue weighted by Gasteiger charge is -2.33. The van der Waals surface area contributed by atoms with Gasteiger partial charge in [-0.05, 0) is 24.0 Å². The number of carbonyl (C=O) groups excluding carboxylic acids is 2. The van der Waals surface area contributed by atoms with Crippen LogP contribution in [0.1, 0.15) is 24.0 Å². The van der Waals surface area contributed by atoms with Gasteiger partial charge in [0.1, 0.15) is 0 Å². The van der Waals surface area contributed by atoms with E-state index >= 15 is 0 Å². The highest BCUT2D eigenvalue weighted by atomic mass is 16.2. The van der Waals surface area contributed by atoms with Crippen LogP contribution in [-0.2, 0) is 22.7 Å². The maximum Gasteiger partial charge on any atom is 0.226 e. The van der Waals surface area contributed by atoms with Gasteiger partial charge in [0, 0.05) is 27.2 Å². The molecule has 0 aliphatic heterocycles. The highest BCUT2D eigenvalue weighted by Gasteiger charge is 2.36. The van der Waals surface area contributed by atoms with Crippen LogP contribution in [-0.4, -0.2) is 35.7 Å². The minimum Gasteiger partial charge on any atom is -0.341 e. The zero-order valence-corrected chi connectivity index (χ0v) is 16.6. The highest BCUT2D eigenvalue weighted by molar-refractivity contribution is 5.88. The predicted molar refractivity (Wildman–Crippen MR) is 111 cm³/mol. The third-order valence-corrected chi connectivity index (χ3v) is 5.34. The molecule has 0 fully saturated rings. The minimum absolute atomic E-state index is 0.0414.